The molecule has 0 aromatic heterocycles. The van der Waals surface area contributed by atoms with Crippen molar-refractivity contribution in [2.24, 2.45) is 0 Å². The molecular weight excluding hydrogens is 307 g/mol. The van der Waals surface area contributed by atoms with Gasteiger partial charge in [0.2, 0.25) is 0 Å². The molecule has 0 saturated heterocycles. The van der Waals surface area contributed by atoms with Gasteiger partial charge in [-0.05, 0) is 42.0 Å². The average molecular weight is 319 g/mol. The van der Waals surface area contributed by atoms with Crippen LogP contribution in [0.5, 0.6) is 11.5 Å². The van der Waals surface area contributed by atoms with Crippen molar-refractivity contribution in [2.45, 2.75) is 0 Å². The monoisotopic (exact) mass is 319 g/mol. The summed E-state index contributed by atoms with van der Waals surface area (Å²) in [6.45, 7) is 0. The molecule has 0 atom stereocenters. The van der Waals surface area contributed by atoms with Gasteiger partial charge in [0, 0.05) is 0 Å². The molecule has 0 radical (unpaired) electrons. The first-order chi connectivity index (χ1) is 11.0. The molecular formula is C17H12F3NO2. The molecule has 0 unspecified atom stereocenters. The van der Waals surface area contributed by atoms with E-state index in [4.69, 9.17) is 9.47 Å². The van der Waals surface area contributed by atoms with Crippen molar-refractivity contribution in [3.05, 3.63) is 58.9 Å². The van der Waals surface area contributed by atoms with Crippen molar-refractivity contribution in [3.8, 4) is 17.6 Å². The average Bonchev–Trinajstić information content (AvgIpc) is 2.58. The van der Waals surface area contributed by atoms with E-state index in [1.807, 2.05) is 6.07 Å². The molecule has 6 heteroatoms. The Kier molecular flexibility index (Phi) is 4.91. The number of hydrogen-bond acceptors (Lipinski definition) is 3. The number of allylic oxidation sites excluding steroid dienone is 1. The second-order valence-electron chi connectivity index (χ2n) is 4.50. The van der Waals surface area contributed by atoms with Gasteiger partial charge in [-0.1, -0.05) is 0 Å². The van der Waals surface area contributed by atoms with Crippen LogP contribution in [0.2, 0.25) is 0 Å². The first-order valence-corrected chi connectivity index (χ1v) is 6.49. The molecule has 2 rings (SSSR count). The molecule has 2 aromatic carbocycles. The summed E-state index contributed by atoms with van der Waals surface area (Å²) in [6.07, 6.45) is 0.953. The van der Waals surface area contributed by atoms with Crippen LogP contribution in [0.15, 0.2) is 30.3 Å². The zero-order valence-electron chi connectivity index (χ0n) is 12.4. The molecule has 0 fully saturated rings. The van der Waals surface area contributed by atoms with Crippen LogP contribution in [0.4, 0.5) is 13.2 Å². The molecule has 0 aliphatic rings. The Bertz CT molecular complexity index is 810. The highest BCUT2D eigenvalue weighted by molar-refractivity contribution is 5.90. The van der Waals surface area contributed by atoms with E-state index >= 15 is 0 Å². The minimum absolute atomic E-state index is 0.0469. The molecule has 0 heterocycles. The predicted octanol–water partition coefficient (Wildman–Crippen LogP) is 4.19. The van der Waals surface area contributed by atoms with Gasteiger partial charge in [-0.2, -0.15) is 5.26 Å². The molecule has 3 nitrogen and oxygen atoms in total. The van der Waals surface area contributed by atoms with Crippen molar-refractivity contribution < 1.29 is 22.6 Å². The first-order valence-electron chi connectivity index (χ1n) is 6.49. The summed E-state index contributed by atoms with van der Waals surface area (Å²) in [5.74, 6) is -2.71. The Hall–Kier alpha value is -2.94. The fourth-order valence-electron chi connectivity index (χ4n) is 2.00. The summed E-state index contributed by atoms with van der Waals surface area (Å²) >= 11 is 0. The Labute approximate surface area is 131 Å². The Morgan fingerprint density at radius 3 is 2.26 bits per heavy atom. The maximum Gasteiger partial charge on any atom is 0.169 e. The topological polar surface area (TPSA) is 42.2 Å². The van der Waals surface area contributed by atoms with Crippen LogP contribution < -0.4 is 9.47 Å². The number of nitriles is 1. The van der Waals surface area contributed by atoms with E-state index in [-0.39, 0.29) is 5.57 Å². The normalized spacial score (nSPS) is 11.0. The molecule has 2 aromatic rings. The van der Waals surface area contributed by atoms with Crippen LogP contribution >= 0.6 is 0 Å². The van der Waals surface area contributed by atoms with Gasteiger partial charge in [0.15, 0.2) is 23.1 Å². The van der Waals surface area contributed by atoms with Gasteiger partial charge in [0.25, 0.3) is 0 Å². The second kappa shape index (κ2) is 6.88. The number of hydrogen-bond donors (Lipinski definition) is 0. The number of halogens is 3. The number of rotatable bonds is 4. The van der Waals surface area contributed by atoms with Gasteiger partial charge >= 0.3 is 0 Å². The molecule has 0 N–H and O–H groups in total. The minimum Gasteiger partial charge on any atom is -0.493 e. The lowest BCUT2D eigenvalue weighted by atomic mass is 10.0. The Morgan fingerprint density at radius 1 is 1.00 bits per heavy atom. The van der Waals surface area contributed by atoms with E-state index < -0.39 is 23.0 Å². The van der Waals surface area contributed by atoms with Crippen LogP contribution in [0.25, 0.3) is 11.6 Å². The fraction of sp³-hybridized carbons (Fsp3) is 0.118. The third-order valence-corrected chi connectivity index (χ3v) is 3.18. The third-order valence-electron chi connectivity index (χ3n) is 3.18. The minimum atomic E-state index is -1.35. The van der Waals surface area contributed by atoms with E-state index in [0.717, 1.165) is 12.1 Å². The highest BCUT2D eigenvalue weighted by Gasteiger charge is 2.14. The van der Waals surface area contributed by atoms with Crippen molar-refractivity contribution in [1.82, 2.24) is 0 Å². The van der Waals surface area contributed by atoms with E-state index in [2.05, 4.69) is 0 Å². The first kappa shape index (κ1) is 16.4. The zero-order chi connectivity index (χ0) is 17.0. The quantitative estimate of drug-likeness (QED) is 0.482. The lowest BCUT2D eigenvalue weighted by Crippen LogP contribution is -1.95. The van der Waals surface area contributed by atoms with Crippen LogP contribution in [0.3, 0.4) is 0 Å². The van der Waals surface area contributed by atoms with Crippen LogP contribution in [0, 0.1) is 28.8 Å². The van der Waals surface area contributed by atoms with Crippen LogP contribution in [-0.4, -0.2) is 14.2 Å². The van der Waals surface area contributed by atoms with E-state index in [9.17, 15) is 18.4 Å². The maximum atomic E-state index is 13.7. The number of benzene rings is 2. The summed E-state index contributed by atoms with van der Waals surface area (Å²) in [4.78, 5) is 0. The summed E-state index contributed by atoms with van der Waals surface area (Å²) in [5.41, 5.74) is -0.307. The van der Waals surface area contributed by atoms with Gasteiger partial charge in [0.05, 0.1) is 31.4 Å². The van der Waals surface area contributed by atoms with Gasteiger partial charge in [-0.3, -0.25) is 0 Å². The molecule has 0 bridgehead atoms. The van der Waals surface area contributed by atoms with E-state index in [1.165, 1.54) is 26.4 Å². The number of ether oxygens (including phenoxy) is 2. The van der Waals surface area contributed by atoms with Crippen molar-refractivity contribution in [1.29, 1.82) is 5.26 Å². The highest BCUT2D eigenvalue weighted by atomic mass is 19.2. The van der Waals surface area contributed by atoms with Gasteiger partial charge in [0.1, 0.15) is 5.82 Å². The molecule has 0 aliphatic carbocycles. The standard InChI is InChI=1S/C17H12F3NO2/c1-22-15-6-3-10(8-16(15)23-2)11(9-21)7-12-13(18)4-5-14(19)17(12)20/h3-8H,1-2H3/b11-7+. The third kappa shape index (κ3) is 3.29. The maximum absolute atomic E-state index is 13.7. The lowest BCUT2D eigenvalue weighted by Gasteiger charge is -2.09. The van der Waals surface area contributed by atoms with Gasteiger partial charge < -0.3 is 9.47 Å². The molecule has 0 spiro atoms. The van der Waals surface area contributed by atoms with Crippen molar-refractivity contribution in [3.63, 3.8) is 0 Å². The summed E-state index contributed by atoms with van der Waals surface area (Å²) in [5, 5.41) is 9.25. The molecule has 0 aliphatic heterocycles. The summed E-state index contributed by atoms with van der Waals surface area (Å²) in [6, 6.07) is 7.90. The zero-order valence-corrected chi connectivity index (χ0v) is 12.4. The van der Waals surface area contributed by atoms with Crippen LogP contribution in [-0.2, 0) is 0 Å². The van der Waals surface area contributed by atoms with Crippen LogP contribution in [0.1, 0.15) is 11.1 Å². The molecule has 118 valence electrons. The second-order valence-corrected chi connectivity index (χ2v) is 4.50. The Balaban J connectivity index is 2.57. The molecule has 0 amide bonds. The fourth-order valence-corrected chi connectivity index (χ4v) is 2.00. The highest BCUT2D eigenvalue weighted by Crippen LogP contribution is 2.31. The van der Waals surface area contributed by atoms with Crippen molar-refractivity contribution >= 4 is 11.6 Å². The van der Waals surface area contributed by atoms with Gasteiger partial charge in [-0.15, -0.1) is 0 Å². The SMILES string of the molecule is COc1ccc(/C(C#N)=C/c2c(F)ccc(F)c2F)cc1OC. The Morgan fingerprint density at radius 2 is 1.65 bits per heavy atom. The summed E-state index contributed by atoms with van der Waals surface area (Å²) in [7, 11) is 2.87. The summed E-state index contributed by atoms with van der Waals surface area (Å²) < 4.78 is 50.9. The smallest absolute Gasteiger partial charge is 0.169 e. The van der Waals surface area contributed by atoms with Crippen molar-refractivity contribution in [2.75, 3.05) is 14.2 Å². The molecule has 23 heavy (non-hydrogen) atoms. The number of methoxy groups -OCH3 is 2. The number of nitrogens with zero attached hydrogens (tertiary/aromatic N) is 1. The molecule has 0 saturated carbocycles. The predicted molar refractivity (Wildman–Crippen MR) is 79.3 cm³/mol. The van der Waals surface area contributed by atoms with E-state index in [0.29, 0.717) is 23.1 Å². The lowest BCUT2D eigenvalue weighted by molar-refractivity contribution is 0.355. The largest absolute Gasteiger partial charge is 0.493 e. The van der Waals surface area contributed by atoms with E-state index in [1.54, 1.807) is 6.07 Å². The van der Waals surface area contributed by atoms with Gasteiger partial charge in [-0.25, -0.2) is 13.2 Å².